The molecule has 0 spiro atoms. The van der Waals surface area contributed by atoms with Crippen LogP contribution in [0.1, 0.15) is 22.8 Å². The number of carbonyl (C=O) groups excluding carboxylic acids is 1. The maximum atomic E-state index is 12.0. The fourth-order valence-electron chi connectivity index (χ4n) is 1.68. The Morgan fingerprint density at radius 1 is 1.00 bits per heavy atom. The van der Waals surface area contributed by atoms with E-state index in [9.17, 15) is 4.79 Å². The first-order valence-corrected chi connectivity index (χ1v) is 8.16. The standard InChI is InChI=1S/C16H16OSe/c1-2-13-8-10-14(11-9-13)16(17)12-18-15-6-4-3-5-7-15/h3-11H,2,12H2,1H3. The monoisotopic (exact) mass is 304 g/mol. The third kappa shape index (κ3) is 3.56. The van der Waals surface area contributed by atoms with E-state index in [1.807, 2.05) is 42.5 Å². The van der Waals surface area contributed by atoms with Gasteiger partial charge in [0.15, 0.2) is 0 Å². The Balaban J connectivity index is 1.95. The van der Waals surface area contributed by atoms with Gasteiger partial charge in [0.05, 0.1) is 0 Å². The molecule has 2 aromatic rings. The van der Waals surface area contributed by atoms with E-state index in [2.05, 4.69) is 19.1 Å². The molecular formula is C16H16OSe. The maximum absolute atomic E-state index is 12.0. The molecule has 0 amide bonds. The molecule has 0 aromatic heterocycles. The van der Waals surface area contributed by atoms with Crippen molar-refractivity contribution >= 4 is 25.2 Å². The van der Waals surface area contributed by atoms with Crippen LogP contribution in [-0.2, 0) is 6.42 Å². The first kappa shape index (κ1) is 13.1. The fourth-order valence-corrected chi connectivity index (χ4v) is 3.38. The first-order valence-electron chi connectivity index (χ1n) is 6.09. The molecule has 2 rings (SSSR count). The predicted octanol–water partition coefficient (Wildman–Crippen LogP) is 2.88. The summed E-state index contributed by atoms with van der Waals surface area (Å²) in [5.41, 5.74) is 2.12. The molecule has 0 saturated heterocycles. The molecule has 0 atom stereocenters. The van der Waals surface area contributed by atoms with Gasteiger partial charge in [0, 0.05) is 0 Å². The van der Waals surface area contributed by atoms with Crippen molar-refractivity contribution in [3.8, 4) is 0 Å². The van der Waals surface area contributed by atoms with Gasteiger partial charge < -0.3 is 0 Å². The van der Waals surface area contributed by atoms with Crippen LogP contribution < -0.4 is 4.46 Å². The summed E-state index contributed by atoms with van der Waals surface area (Å²) in [4.78, 5) is 12.0. The summed E-state index contributed by atoms with van der Waals surface area (Å²) in [6.07, 6.45) is 1.02. The molecule has 0 aliphatic rings. The normalized spacial score (nSPS) is 10.3. The van der Waals surface area contributed by atoms with Crippen molar-refractivity contribution in [1.29, 1.82) is 0 Å². The molecule has 0 radical (unpaired) electrons. The summed E-state index contributed by atoms with van der Waals surface area (Å²) in [6.45, 7) is 2.12. The molecule has 2 heteroatoms. The average molecular weight is 303 g/mol. The van der Waals surface area contributed by atoms with Crippen molar-refractivity contribution in [1.82, 2.24) is 0 Å². The van der Waals surface area contributed by atoms with Crippen molar-refractivity contribution < 1.29 is 4.79 Å². The van der Waals surface area contributed by atoms with Crippen LogP contribution in [0, 0.1) is 0 Å². The van der Waals surface area contributed by atoms with Crippen LogP contribution >= 0.6 is 0 Å². The Morgan fingerprint density at radius 2 is 1.67 bits per heavy atom. The molecule has 18 heavy (non-hydrogen) atoms. The van der Waals surface area contributed by atoms with Gasteiger partial charge in [-0.1, -0.05) is 0 Å². The van der Waals surface area contributed by atoms with E-state index in [0.29, 0.717) is 5.32 Å². The summed E-state index contributed by atoms with van der Waals surface area (Å²) in [7, 11) is 0. The van der Waals surface area contributed by atoms with E-state index in [4.69, 9.17) is 0 Å². The Morgan fingerprint density at radius 3 is 2.28 bits per heavy atom. The van der Waals surface area contributed by atoms with Crippen LogP contribution in [0.15, 0.2) is 54.6 Å². The summed E-state index contributed by atoms with van der Waals surface area (Å²) in [6, 6.07) is 18.2. The van der Waals surface area contributed by atoms with Gasteiger partial charge in [-0.2, -0.15) is 0 Å². The SMILES string of the molecule is CCc1ccc(C(=O)C[Se]c2ccccc2)cc1. The van der Waals surface area contributed by atoms with Crippen molar-refractivity contribution in [3.63, 3.8) is 0 Å². The molecule has 0 unspecified atom stereocenters. The van der Waals surface area contributed by atoms with E-state index in [1.165, 1.54) is 10.0 Å². The molecule has 0 fully saturated rings. The molecule has 1 nitrogen and oxygen atoms in total. The molecule has 0 saturated carbocycles. The zero-order chi connectivity index (χ0) is 12.8. The number of carbonyl (C=O) groups is 1. The predicted molar refractivity (Wildman–Crippen MR) is 76.8 cm³/mol. The summed E-state index contributed by atoms with van der Waals surface area (Å²) in [5.74, 6) is 0.251. The van der Waals surface area contributed by atoms with Crippen LogP contribution in [0.2, 0.25) is 5.32 Å². The molecule has 0 N–H and O–H groups in total. The van der Waals surface area contributed by atoms with E-state index in [1.54, 1.807) is 0 Å². The second-order valence-corrected chi connectivity index (χ2v) is 6.28. The van der Waals surface area contributed by atoms with E-state index in [-0.39, 0.29) is 20.7 Å². The molecule has 0 aliphatic heterocycles. The van der Waals surface area contributed by atoms with Crippen molar-refractivity contribution in [2.75, 3.05) is 0 Å². The number of benzene rings is 2. The Labute approximate surface area is 114 Å². The number of hydrogen-bond acceptors (Lipinski definition) is 1. The minimum absolute atomic E-state index is 0.238. The molecule has 92 valence electrons. The molecular weight excluding hydrogens is 287 g/mol. The van der Waals surface area contributed by atoms with E-state index >= 15 is 0 Å². The summed E-state index contributed by atoms with van der Waals surface area (Å²) < 4.78 is 1.28. The zero-order valence-electron chi connectivity index (χ0n) is 10.4. The molecule has 2 aromatic carbocycles. The van der Waals surface area contributed by atoms with Gasteiger partial charge in [-0.15, -0.1) is 0 Å². The average Bonchev–Trinajstić information content (AvgIpc) is 2.46. The Kier molecular flexibility index (Phi) is 4.74. The second-order valence-electron chi connectivity index (χ2n) is 4.08. The van der Waals surface area contributed by atoms with Crippen molar-refractivity contribution in [3.05, 3.63) is 65.7 Å². The summed E-state index contributed by atoms with van der Waals surface area (Å²) in [5, 5.41) is 0.641. The summed E-state index contributed by atoms with van der Waals surface area (Å²) >= 11 is 0.238. The Hall–Kier alpha value is -1.37. The van der Waals surface area contributed by atoms with Gasteiger partial charge >= 0.3 is 114 Å². The Bertz CT molecular complexity index is 502. The third-order valence-corrected chi connectivity index (χ3v) is 4.92. The topological polar surface area (TPSA) is 17.1 Å². The van der Waals surface area contributed by atoms with E-state index < -0.39 is 0 Å². The fraction of sp³-hybridized carbons (Fsp3) is 0.188. The van der Waals surface area contributed by atoms with Gasteiger partial charge in [0.1, 0.15) is 0 Å². The molecule has 0 aliphatic carbocycles. The number of rotatable bonds is 5. The van der Waals surface area contributed by atoms with Crippen LogP contribution in [0.5, 0.6) is 0 Å². The molecule has 0 bridgehead atoms. The van der Waals surface area contributed by atoms with Crippen molar-refractivity contribution in [2.24, 2.45) is 0 Å². The molecule has 0 heterocycles. The number of hydrogen-bond donors (Lipinski definition) is 0. The van der Waals surface area contributed by atoms with Crippen LogP contribution in [-0.4, -0.2) is 20.7 Å². The van der Waals surface area contributed by atoms with E-state index in [0.717, 1.165) is 12.0 Å². The van der Waals surface area contributed by atoms with Gasteiger partial charge in [-0.05, 0) is 0 Å². The first-order chi connectivity index (χ1) is 8.79. The number of ketones is 1. The van der Waals surface area contributed by atoms with Crippen LogP contribution in [0.3, 0.4) is 0 Å². The van der Waals surface area contributed by atoms with Crippen LogP contribution in [0.4, 0.5) is 0 Å². The number of Topliss-reactive ketones (excluding diaryl/α,β-unsaturated/α-hetero) is 1. The zero-order valence-corrected chi connectivity index (χ0v) is 12.1. The second kappa shape index (κ2) is 6.53. The van der Waals surface area contributed by atoms with Crippen molar-refractivity contribution in [2.45, 2.75) is 18.7 Å². The minimum atomic E-state index is 0.238. The van der Waals surface area contributed by atoms with Gasteiger partial charge in [0.2, 0.25) is 0 Å². The quantitative estimate of drug-likeness (QED) is 0.613. The van der Waals surface area contributed by atoms with Gasteiger partial charge in [-0.3, -0.25) is 0 Å². The van der Waals surface area contributed by atoms with Crippen LogP contribution in [0.25, 0.3) is 0 Å². The van der Waals surface area contributed by atoms with Gasteiger partial charge in [-0.25, -0.2) is 0 Å². The number of aryl methyl sites for hydroxylation is 1. The third-order valence-electron chi connectivity index (χ3n) is 2.80. The van der Waals surface area contributed by atoms with Gasteiger partial charge in [0.25, 0.3) is 0 Å².